The lowest BCUT2D eigenvalue weighted by Crippen LogP contribution is -2.23. The normalized spacial score (nSPS) is 10.2. The zero-order valence-corrected chi connectivity index (χ0v) is 15.9. The van der Waals surface area contributed by atoms with Gasteiger partial charge in [0.25, 0.3) is 5.91 Å². The third-order valence-corrected chi connectivity index (χ3v) is 4.24. The van der Waals surface area contributed by atoms with Crippen LogP contribution < -0.4 is 16.0 Å². The maximum Gasteiger partial charge on any atom is 0.251 e. The number of rotatable bonds is 7. The number of anilines is 2. The molecular weight excluding hydrogens is 374 g/mol. The van der Waals surface area contributed by atoms with Gasteiger partial charge in [0.05, 0.1) is 6.54 Å². The Morgan fingerprint density at radius 2 is 1.57 bits per heavy atom. The highest BCUT2D eigenvalue weighted by atomic mass is 35.5. The van der Waals surface area contributed by atoms with Gasteiger partial charge in [0.2, 0.25) is 5.91 Å². The average molecular weight is 394 g/mol. The summed E-state index contributed by atoms with van der Waals surface area (Å²) < 4.78 is 0. The van der Waals surface area contributed by atoms with E-state index in [1.165, 1.54) is 0 Å². The van der Waals surface area contributed by atoms with Gasteiger partial charge in [0.15, 0.2) is 0 Å². The molecule has 0 aromatic heterocycles. The van der Waals surface area contributed by atoms with E-state index in [9.17, 15) is 9.59 Å². The monoisotopic (exact) mass is 393 g/mol. The van der Waals surface area contributed by atoms with Crippen LogP contribution in [0.25, 0.3) is 0 Å². The second-order valence-electron chi connectivity index (χ2n) is 6.16. The zero-order valence-electron chi connectivity index (χ0n) is 15.1. The topological polar surface area (TPSA) is 70.2 Å². The first-order valence-corrected chi connectivity index (χ1v) is 9.19. The molecule has 0 atom stereocenters. The van der Waals surface area contributed by atoms with Gasteiger partial charge in [-0.2, -0.15) is 0 Å². The molecule has 0 radical (unpaired) electrons. The van der Waals surface area contributed by atoms with Crippen molar-refractivity contribution in [2.24, 2.45) is 0 Å². The molecule has 0 bridgehead atoms. The standard InChI is InChI=1S/C22H20ClN3O2/c23-18-7-4-8-20(13-18)24-15-21(27)26-19-11-9-17(10-12-19)22(28)25-14-16-5-2-1-3-6-16/h1-13,24H,14-15H2,(H,25,28)(H,26,27). The summed E-state index contributed by atoms with van der Waals surface area (Å²) in [6.45, 7) is 0.576. The number of carbonyl (C=O) groups is 2. The van der Waals surface area contributed by atoms with Gasteiger partial charge >= 0.3 is 0 Å². The molecule has 0 aliphatic rings. The van der Waals surface area contributed by atoms with Crippen molar-refractivity contribution in [1.82, 2.24) is 5.32 Å². The van der Waals surface area contributed by atoms with Crippen molar-refractivity contribution in [2.75, 3.05) is 17.2 Å². The molecule has 0 aliphatic carbocycles. The van der Waals surface area contributed by atoms with E-state index in [0.717, 1.165) is 11.3 Å². The van der Waals surface area contributed by atoms with Crippen molar-refractivity contribution < 1.29 is 9.59 Å². The second-order valence-corrected chi connectivity index (χ2v) is 6.59. The summed E-state index contributed by atoms with van der Waals surface area (Å²) >= 11 is 5.91. The Labute approximate surface area is 168 Å². The van der Waals surface area contributed by atoms with Gasteiger partial charge in [-0.05, 0) is 48.0 Å². The number of nitrogens with one attached hydrogen (secondary N) is 3. The predicted molar refractivity (Wildman–Crippen MR) is 113 cm³/mol. The summed E-state index contributed by atoms with van der Waals surface area (Å²) in [6.07, 6.45) is 0. The van der Waals surface area contributed by atoms with Crippen LogP contribution in [0.5, 0.6) is 0 Å². The van der Waals surface area contributed by atoms with Crippen LogP contribution >= 0.6 is 11.6 Å². The molecule has 0 saturated carbocycles. The highest BCUT2D eigenvalue weighted by Gasteiger charge is 2.07. The molecule has 0 heterocycles. The minimum Gasteiger partial charge on any atom is -0.376 e. The lowest BCUT2D eigenvalue weighted by atomic mass is 10.1. The molecule has 2 amide bonds. The molecular formula is C22H20ClN3O2. The van der Waals surface area contributed by atoms with Crippen LogP contribution in [-0.4, -0.2) is 18.4 Å². The molecule has 0 saturated heterocycles. The van der Waals surface area contributed by atoms with Crippen molar-refractivity contribution >= 4 is 34.8 Å². The van der Waals surface area contributed by atoms with Crippen LogP contribution in [0.2, 0.25) is 5.02 Å². The van der Waals surface area contributed by atoms with Crippen LogP contribution in [-0.2, 0) is 11.3 Å². The Hall–Kier alpha value is -3.31. The summed E-state index contributed by atoms with van der Waals surface area (Å²) in [4.78, 5) is 24.3. The summed E-state index contributed by atoms with van der Waals surface area (Å²) in [7, 11) is 0. The van der Waals surface area contributed by atoms with E-state index >= 15 is 0 Å². The SMILES string of the molecule is O=C(CNc1cccc(Cl)c1)Nc1ccc(C(=O)NCc2ccccc2)cc1. The van der Waals surface area contributed by atoms with Gasteiger partial charge in [0.1, 0.15) is 0 Å². The molecule has 5 nitrogen and oxygen atoms in total. The van der Waals surface area contributed by atoms with E-state index in [0.29, 0.717) is 22.8 Å². The molecule has 3 aromatic carbocycles. The maximum absolute atomic E-state index is 12.2. The Morgan fingerprint density at radius 3 is 2.29 bits per heavy atom. The first-order chi connectivity index (χ1) is 13.6. The highest BCUT2D eigenvalue weighted by molar-refractivity contribution is 6.30. The molecule has 3 N–H and O–H groups in total. The van der Waals surface area contributed by atoms with E-state index in [1.54, 1.807) is 36.4 Å². The molecule has 3 aromatic rings. The zero-order chi connectivity index (χ0) is 19.8. The summed E-state index contributed by atoms with van der Waals surface area (Å²) in [5.41, 5.74) is 2.96. The van der Waals surface area contributed by atoms with Gasteiger partial charge in [-0.15, -0.1) is 0 Å². The molecule has 0 aliphatic heterocycles. The number of hydrogen-bond acceptors (Lipinski definition) is 3. The van der Waals surface area contributed by atoms with Gasteiger partial charge in [-0.1, -0.05) is 48.0 Å². The fourth-order valence-corrected chi connectivity index (χ4v) is 2.76. The van der Waals surface area contributed by atoms with Crippen LogP contribution in [0.15, 0.2) is 78.9 Å². The largest absolute Gasteiger partial charge is 0.376 e. The van der Waals surface area contributed by atoms with Crippen LogP contribution in [0, 0.1) is 0 Å². The smallest absolute Gasteiger partial charge is 0.251 e. The molecule has 28 heavy (non-hydrogen) atoms. The van der Waals surface area contributed by atoms with E-state index in [-0.39, 0.29) is 18.4 Å². The van der Waals surface area contributed by atoms with Gasteiger partial charge in [-0.3, -0.25) is 9.59 Å². The van der Waals surface area contributed by atoms with Gasteiger partial charge in [0, 0.05) is 28.5 Å². The van der Waals surface area contributed by atoms with Crippen molar-refractivity contribution in [3.05, 3.63) is 95.0 Å². The van der Waals surface area contributed by atoms with E-state index < -0.39 is 0 Å². The second kappa shape index (κ2) is 9.58. The van der Waals surface area contributed by atoms with Crippen LogP contribution in [0.1, 0.15) is 15.9 Å². The summed E-state index contributed by atoms with van der Waals surface area (Å²) in [6, 6.07) is 23.6. The Bertz CT molecular complexity index is 944. The Kier molecular flexibility index (Phi) is 6.65. The minimum atomic E-state index is -0.193. The molecule has 0 unspecified atom stereocenters. The molecule has 142 valence electrons. The fraction of sp³-hybridized carbons (Fsp3) is 0.0909. The number of benzene rings is 3. The van der Waals surface area contributed by atoms with Crippen molar-refractivity contribution in [2.45, 2.75) is 6.54 Å². The van der Waals surface area contributed by atoms with Crippen molar-refractivity contribution in [1.29, 1.82) is 0 Å². The molecule has 0 fully saturated rings. The third-order valence-electron chi connectivity index (χ3n) is 4.00. The average Bonchev–Trinajstić information content (AvgIpc) is 2.72. The van der Waals surface area contributed by atoms with Gasteiger partial charge in [-0.25, -0.2) is 0 Å². The lowest BCUT2D eigenvalue weighted by molar-refractivity contribution is -0.114. The summed E-state index contributed by atoms with van der Waals surface area (Å²) in [5.74, 6) is -0.356. The quantitative estimate of drug-likeness (QED) is 0.559. The fourth-order valence-electron chi connectivity index (χ4n) is 2.57. The number of halogens is 1. The number of hydrogen-bond donors (Lipinski definition) is 3. The van der Waals surface area contributed by atoms with E-state index in [2.05, 4.69) is 16.0 Å². The van der Waals surface area contributed by atoms with Crippen LogP contribution in [0.4, 0.5) is 11.4 Å². The van der Waals surface area contributed by atoms with Crippen molar-refractivity contribution in [3.8, 4) is 0 Å². The first kappa shape index (κ1) is 19.5. The molecule has 0 spiro atoms. The molecule has 6 heteroatoms. The van der Waals surface area contributed by atoms with E-state index in [4.69, 9.17) is 11.6 Å². The van der Waals surface area contributed by atoms with Crippen molar-refractivity contribution in [3.63, 3.8) is 0 Å². The Balaban J connectivity index is 1.48. The number of carbonyl (C=O) groups excluding carboxylic acids is 2. The summed E-state index contributed by atoms with van der Waals surface area (Å²) in [5, 5.41) is 9.27. The minimum absolute atomic E-state index is 0.111. The maximum atomic E-state index is 12.2. The predicted octanol–water partition coefficient (Wildman–Crippen LogP) is 4.32. The lowest BCUT2D eigenvalue weighted by Gasteiger charge is -2.09. The Morgan fingerprint density at radius 1 is 0.821 bits per heavy atom. The third kappa shape index (κ3) is 5.86. The first-order valence-electron chi connectivity index (χ1n) is 8.81. The van der Waals surface area contributed by atoms with Gasteiger partial charge < -0.3 is 16.0 Å². The molecule has 3 rings (SSSR count). The van der Waals surface area contributed by atoms with Crippen LogP contribution in [0.3, 0.4) is 0 Å². The highest BCUT2D eigenvalue weighted by Crippen LogP contribution is 2.15. The number of amides is 2. The van der Waals surface area contributed by atoms with E-state index in [1.807, 2.05) is 42.5 Å².